The van der Waals surface area contributed by atoms with Crippen LogP contribution in [-0.2, 0) is 16.1 Å². The van der Waals surface area contributed by atoms with Crippen LogP contribution >= 0.6 is 0 Å². The van der Waals surface area contributed by atoms with E-state index in [-0.39, 0.29) is 17.8 Å². The molecule has 0 atom stereocenters. The molecule has 0 fully saturated rings. The Morgan fingerprint density at radius 3 is 2.54 bits per heavy atom. The summed E-state index contributed by atoms with van der Waals surface area (Å²) < 4.78 is 9.98. The van der Waals surface area contributed by atoms with E-state index in [4.69, 9.17) is 9.15 Å². The van der Waals surface area contributed by atoms with Gasteiger partial charge in [-0.1, -0.05) is 0 Å². The van der Waals surface area contributed by atoms with E-state index in [1.807, 2.05) is 18.7 Å². The molecule has 2 rings (SSSR count). The largest absolute Gasteiger partial charge is 0.461 e. The Labute approximate surface area is 137 Å². The predicted octanol–water partition coefficient (Wildman–Crippen LogP) is 2.61. The number of esters is 1. The third-order valence-corrected chi connectivity index (χ3v) is 3.70. The third-order valence-electron chi connectivity index (χ3n) is 3.70. The van der Waals surface area contributed by atoms with Crippen LogP contribution in [0.2, 0.25) is 0 Å². The lowest BCUT2D eigenvalue weighted by Crippen LogP contribution is -2.21. The van der Waals surface area contributed by atoms with E-state index >= 15 is 0 Å². The lowest BCUT2D eigenvalue weighted by Gasteiger charge is -2.21. The van der Waals surface area contributed by atoms with Crippen molar-refractivity contribution in [2.24, 2.45) is 0 Å². The highest BCUT2D eigenvalue weighted by Crippen LogP contribution is 2.29. The number of rotatable bonds is 6. The zero-order valence-electron chi connectivity index (χ0n) is 13.7. The maximum atomic E-state index is 12.0. The van der Waals surface area contributed by atoms with Crippen molar-refractivity contribution in [2.45, 2.75) is 27.4 Å². The topological polar surface area (TPSA) is 103 Å². The summed E-state index contributed by atoms with van der Waals surface area (Å²) in [5.41, 5.74) is -0.682. The molecule has 1 heterocycles. The summed E-state index contributed by atoms with van der Waals surface area (Å²) in [5, 5.41) is 11.6. The first-order valence-corrected chi connectivity index (χ1v) is 7.51. The van der Waals surface area contributed by atoms with Gasteiger partial charge in [0.2, 0.25) is 0 Å². The van der Waals surface area contributed by atoms with Crippen LogP contribution in [0.5, 0.6) is 0 Å². The van der Waals surface area contributed by atoms with Crippen molar-refractivity contribution in [1.82, 2.24) is 0 Å². The molecule has 0 N–H and O–H groups in total. The summed E-state index contributed by atoms with van der Waals surface area (Å²) in [5.74, 6) is -0.592. The Morgan fingerprint density at radius 1 is 1.33 bits per heavy atom. The van der Waals surface area contributed by atoms with Crippen molar-refractivity contribution in [3.8, 4) is 0 Å². The fourth-order valence-corrected chi connectivity index (χ4v) is 2.53. The minimum atomic E-state index is -1.06. The highest BCUT2D eigenvalue weighted by atomic mass is 16.6. The summed E-state index contributed by atoms with van der Waals surface area (Å²) in [6, 6.07) is 5.08. The van der Waals surface area contributed by atoms with Gasteiger partial charge >= 0.3 is 17.3 Å². The first kappa shape index (κ1) is 17.5. The van der Waals surface area contributed by atoms with E-state index in [9.17, 15) is 19.7 Å². The number of anilines is 1. The van der Waals surface area contributed by atoms with Crippen molar-refractivity contribution in [3.63, 3.8) is 0 Å². The molecule has 1 aromatic carbocycles. The quantitative estimate of drug-likeness (QED) is 0.346. The summed E-state index contributed by atoms with van der Waals surface area (Å²) in [6.45, 7) is 6.34. The smallest absolute Gasteiger partial charge is 0.415 e. The number of nitro groups is 1. The molecule has 0 saturated heterocycles. The molecule has 0 spiro atoms. The molecule has 0 amide bonds. The molecule has 0 saturated carbocycles. The SMILES string of the molecule is CCN(CC)c1ccc2c(COC(C)=O)c([N+](=O)[O-])c(=O)oc2c1. The van der Waals surface area contributed by atoms with E-state index in [0.717, 1.165) is 18.8 Å². The molecule has 24 heavy (non-hydrogen) atoms. The Kier molecular flexibility index (Phi) is 5.18. The van der Waals surface area contributed by atoms with E-state index in [1.54, 1.807) is 18.2 Å². The molecule has 1 aromatic heterocycles. The molecule has 0 unspecified atom stereocenters. The van der Waals surface area contributed by atoms with Crippen LogP contribution in [0.3, 0.4) is 0 Å². The minimum absolute atomic E-state index is 0.0348. The van der Waals surface area contributed by atoms with E-state index in [0.29, 0.717) is 5.39 Å². The number of carbonyl (C=O) groups is 1. The molecule has 0 radical (unpaired) electrons. The first-order chi connectivity index (χ1) is 11.4. The van der Waals surface area contributed by atoms with Crippen LogP contribution < -0.4 is 10.5 Å². The zero-order chi connectivity index (χ0) is 17.9. The lowest BCUT2D eigenvalue weighted by atomic mass is 10.1. The lowest BCUT2D eigenvalue weighted by molar-refractivity contribution is -0.388. The molecular formula is C16H18N2O6. The molecule has 0 aliphatic carbocycles. The highest BCUT2D eigenvalue weighted by Gasteiger charge is 2.25. The van der Waals surface area contributed by atoms with Gasteiger partial charge in [-0.3, -0.25) is 14.9 Å². The molecule has 8 nitrogen and oxygen atoms in total. The van der Waals surface area contributed by atoms with Crippen molar-refractivity contribution < 1.29 is 18.9 Å². The van der Waals surface area contributed by atoms with Gasteiger partial charge in [-0.05, 0) is 26.0 Å². The summed E-state index contributed by atoms with van der Waals surface area (Å²) >= 11 is 0. The Morgan fingerprint density at radius 2 is 2.00 bits per heavy atom. The molecular weight excluding hydrogens is 316 g/mol. The van der Waals surface area contributed by atoms with Crippen LogP contribution in [0.15, 0.2) is 27.4 Å². The summed E-state index contributed by atoms with van der Waals surface area (Å²) in [4.78, 5) is 35.5. The van der Waals surface area contributed by atoms with Gasteiger partial charge in [-0.2, -0.15) is 0 Å². The van der Waals surface area contributed by atoms with Crippen molar-refractivity contribution in [3.05, 3.63) is 44.3 Å². The van der Waals surface area contributed by atoms with Gasteiger partial charge in [-0.15, -0.1) is 0 Å². The number of hydrogen-bond acceptors (Lipinski definition) is 7. The average Bonchev–Trinajstić information content (AvgIpc) is 2.52. The van der Waals surface area contributed by atoms with E-state index in [2.05, 4.69) is 0 Å². The normalized spacial score (nSPS) is 10.6. The van der Waals surface area contributed by atoms with E-state index in [1.165, 1.54) is 6.92 Å². The fraction of sp³-hybridized carbons (Fsp3) is 0.375. The second-order valence-electron chi connectivity index (χ2n) is 5.11. The van der Waals surface area contributed by atoms with Gasteiger partial charge in [0.15, 0.2) is 0 Å². The van der Waals surface area contributed by atoms with Crippen LogP contribution in [0.4, 0.5) is 11.4 Å². The number of benzene rings is 1. The number of nitrogens with zero attached hydrogens (tertiary/aromatic N) is 2. The number of hydrogen-bond donors (Lipinski definition) is 0. The summed E-state index contributed by atoms with van der Waals surface area (Å²) in [7, 11) is 0. The van der Waals surface area contributed by atoms with E-state index < -0.39 is 22.2 Å². The van der Waals surface area contributed by atoms with Gasteiger partial charge in [0.25, 0.3) is 0 Å². The molecule has 2 aromatic rings. The second-order valence-corrected chi connectivity index (χ2v) is 5.11. The monoisotopic (exact) mass is 334 g/mol. The number of ether oxygens (including phenoxy) is 1. The van der Waals surface area contributed by atoms with Gasteiger partial charge in [0.05, 0.1) is 10.5 Å². The minimum Gasteiger partial charge on any atom is -0.461 e. The molecule has 128 valence electrons. The van der Waals surface area contributed by atoms with Gasteiger partial charge in [0, 0.05) is 37.2 Å². The van der Waals surface area contributed by atoms with Crippen molar-refractivity contribution in [2.75, 3.05) is 18.0 Å². The van der Waals surface area contributed by atoms with Crippen LogP contribution in [0.25, 0.3) is 11.0 Å². The Bertz CT molecular complexity index is 838. The Balaban J connectivity index is 2.68. The highest BCUT2D eigenvalue weighted by molar-refractivity contribution is 5.86. The standard InChI is InChI=1S/C16H18N2O6/c1-4-17(5-2)11-6-7-12-13(9-23-10(3)19)15(18(21)22)16(20)24-14(12)8-11/h6-8H,4-5,9H2,1-3H3. The fourth-order valence-electron chi connectivity index (χ4n) is 2.53. The Hall–Kier alpha value is -2.90. The molecule has 0 aliphatic heterocycles. The predicted molar refractivity (Wildman–Crippen MR) is 88.2 cm³/mol. The molecule has 0 aliphatic rings. The maximum Gasteiger partial charge on any atom is 0.415 e. The van der Waals surface area contributed by atoms with Crippen LogP contribution in [-0.4, -0.2) is 24.0 Å². The van der Waals surface area contributed by atoms with Gasteiger partial charge in [-0.25, -0.2) is 4.79 Å². The summed E-state index contributed by atoms with van der Waals surface area (Å²) in [6.07, 6.45) is 0. The number of fused-ring (bicyclic) bond motifs is 1. The number of carbonyl (C=O) groups excluding carboxylic acids is 1. The molecule has 8 heteroatoms. The van der Waals surface area contributed by atoms with Crippen molar-refractivity contribution >= 4 is 28.3 Å². The van der Waals surface area contributed by atoms with Crippen LogP contribution in [0.1, 0.15) is 26.3 Å². The maximum absolute atomic E-state index is 12.0. The van der Waals surface area contributed by atoms with Crippen molar-refractivity contribution in [1.29, 1.82) is 0 Å². The average molecular weight is 334 g/mol. The zero-order valence-corrected chi connectivity index (χ0v) is 13.7. The second kappa shape index (κ2) is 7.12. The van der Waals surface area contributed by atoms with Crippen LogP contribution in [0, 0.1) is 10.1 Å². The molecule has 0 bridgehead atoms. The first-order valence-electron chi connectivity index (χ1n) is 7.51. The van der Waals surface area contributed by atoms with Gasteiger partial charge in [0.1, 0.15) is 12.2 Å². The van der Waals surface area contributed by atoms with Gasteiger partial charge < -0.3 is 14.1 Å². The third kappa shape index (κ3) is 3.37.